The molecule has 2 aromatic heterocycles. The molecule has 0 aliphatic heterocycles. The Morgan fingerprint density at radius 3 is 2.32 bits per heavy atom. The number of H-pyrrole nitrogens is 1. The van der Waals surface area contributed by atoms with Gasteiger partial charge in [0.15, 0.2) is 11.5 Å². The second-order valence-electron chi connectivity index (χ2n) is 7.16. The van der Waals surface area contributed by atoms with Crippen molar-refractivity contribution in [3.63, 3.8) is 0 Å². The van der Waals surface area contributed by atoms with Crippen molar-refractivity contribution in [2.24, 2.45) is 0 Å². The minimum Gasteiger partial charge on any atom is -0.493 e. The third-order valence-electron chi connectivity index (χ3n) is 5.02. The van der Waals surface area contributed by atoms with Crippen LogP contribution in [0.1, 0.15) is 40.0 Å². The molecule has 0 saturated heterocycles. The molecule has 1 aromatic carbocycles. The average Bonchev–Trinajstić information content (AvgIpc) is 3.17. The number of hydrogen-bond donors (Lipinski definition) is 1. The number of aryl methyl sites for hydroxylation is 2. The summed E-state index contributed by atoms with van der Waals surface area (Å²) >= 11 is 1.07. The molecule has 1 N–H and O–H groups in total. The molecule has 10 nitrogen and oxygen atoms in total. The predicted octanol–water partition coefficient (Wildman–Crippen LogP) is 3.17. The van der Waals surface area contributed by atoms with Gasteiger partial charge in [0.2, 0.25) is 5.75 Å². The highest BCUT2D eigenvalue weighted by atomic mass is 32.1. The number of carbonyl (C=O) groups is 2. The molecule has 3 rings (SSSR count). The van der Waals surface area contributed by atoms with E-state index in [0.717, 1.165) is 16.9 Å². The summed E-state index contributed by atoms with van der Waals surface area (Å²) in [6, 6.07) is 3.53. The smallest absolute Gasteiger partial charge is 0.348 e. The number of fused-ring (bicyclic) bond motifs is 1. The Hall–Kier alpha value is -3.60. The second-order valence-corrected chi connectivity index (χ2v) is 8.16. The first-order valence-electron chi connectivity index (χ1n) is 10.5. The van der Waals surface area contributed by atoms with Gasteiger partial charge in [-0.1, -0.05) is 0 Å². The number of nitrogens with zero attached hydrogens (tertiary/aromatic N) is 1. The Labute approximate surface area is 199 Å². The molecule has 34 heavy (non-hydrogen) atoms. The maximum Gasteiger partial charge on any atom is 0.348 e. The van der Waals surface area contributed by atoms with Gasteiger partial charge in [0.05, 0.1) is 33.3 Å². The lowest BCUT2D eigenvalue weighted by molar-refractivity contribution is -0.145. The summed E-state index contributed by atoms with van der Waals surface area (Å²) in [5.74, 6) is 0.683. The first-order chi connectivity index (χ1) is 16.3. The van der Waals surface area contributed by atoms with Crippen LogP contribution < -0.4 is 19.8 Å². The lowest BCUT2D eigenvalue weighted by Gasteiger charge is -2.14. The molecular weight excluding hydrogens is 464 g/mol. The number of thiophene rings is 1. The van der Waals surface area contributed by atoms with E-state index >= 15 is 0 Å². The van der Waals surface area contributed by atoms with E-state index in [2.05, 4.69) is 9.97 Å². The number of nitrogens with one attached hydrogen (secondary N) is 1. The number of ether oxygens (including phenoxy) is 5. The maximum atomic E-state index is 12.5. The van der Waals surface area contributed by atoms with Gasteiger partial charge < -0.3 is 28.7 Å². The highest BCUT2D eigenvalue weighted by Crippen LogP contribution is 2.38. The molecule has 0 radical (unpaired) electrons. The van der Waals surface area contributed by atoms with E-state index in [9.17, 15) is 14.4 Å². The summed E-state index contributed by atoms with van der Waals surface area (Å²) in [7, 11) is 4.55. The Kier molecular flexibility index (Phi) is 8.11. The van der Waals surface area contributed by atoms with Gasteiger partial charge in [-0.2, -0.15) is 0 Å². The van der Waals surface area contributed by atoms with Crippen LogP contribution in [-0.4, -0.2) is 49.8 Å². The minimum absolute atomic E-state index is 0.0935. The van der Waals surface area contributed by atoms with Crippen molar-refractivity contribution in [1.82, 2.24) is 9.97 Å². The molecule has 0 unspecified atom stereocenters. The Morgan fingerprint density at radius 2 is 1.74 bits per heavy atom. The molecule has 3 aromatic rings. The van der Waals surface area contributed by atoms with Crippen molar-refractivity contribution in [1.29, 1.82) is 0 Å². The summed E-state index contributed by atoms with van der Waals surface area (Å²) in [4.78, 5) is 44.6. The highest BCUT2D eigenvalue weighted by Gasteiger charge is 2.20. The fraction of sp³-hybridized carbons (Fsp3) is 0.391. The molecule has 0 aliphatic rings. The van der Waals surface area contributed by atoms with Crippen LogP contribution in [0.4, 0.5) is 0 Å². The summed E-state index contributed by atoms with van der Waals surface area (Å²) in [5, 5.41) is 0.325. The number of aromatic nitrogens is 2. The SMILES string of the molecule is CCOC(=O)c1sc2nc(COC(=O)CCc3cc(OC)c(OC)c(OC)c3)[nH]c(=O)c2c1C. The van der Waals surface area contributed by atoms with Crippen molar-refractivity contribution < 1.29 is 33.3 Å². The summed E-state index contributed by atoms with van der Waals surface area (Å²) in [5.41, 5.74) is 0.916. The lowest BCUT2D eigenvalue weighted by Crippen LogP contribution is -2.14. The average molecular weight is 491 g/mol. The van der Waals surface area contributed by atoms with Crippen LogP contribution in [-0.2, 0) is 27.3 Å². The number of carbonyl (C=O) groups excluding carboxylic acids is 2. The Bertz CT molecular complexity index is 1240. The molecule has 0 atom stereocenters. The van der Waals surface area contributed by atoms with E-state index in [0.29, 0.717) is 44.3 Å². The summed E-state index contributed by atoms with van der Waals surface area (Å²) in [6.07, 6.45) is 0.474. The van der Waals surface area contributed by atoms with E-state index in [4.69, 9.17) is 23.7 Å². The maximum absolute atomic E-state index is 12.5. The Balaban J connectivity index is 1.68. The zero-order chi connectivity index (χ0) is 24.8. The zero-order valence-electron chi connectivity index (χ0n) is 19.6. The van der Waals surface area contributed by atoms with Gasteiger partial charge >= 0.3 is 11.9 Å². The summed E-state index contributed by atoms with van der Waals surface area (Å²) < 4.78 is 26.3. The molecule has 0 saturated carbocycles. The largest absolute Gasteiger partial charge is 0.493 e. The molecule has 0 fully saturated rings. The highest BCUT2D eigenvalue weighted by molar-refractivity contribution is 7.20. The second kappa shape index (κ2) is 11.0. The molecule has 182 valence electrons. The molecular formula is C23H26N2O8S. The molecule has 2 heterocycles. The fourth-order valence-corrected chi connectivity index (χ4v) is 4.49. The number of hydrogen-bond acceptors (Lipinski definition) is 10. The van der Waals surface area contributed by atoms with Crippen LogP contribution >= 0.6 is 11.3 Å². The van der Waals surface area contributed by atoms with E-state index in [-0.39, 0.29) is 25.5 Å². The third-order valence-corrected chi connectivity index (χ3v) is 6.19. The molecule has 0 amide bonds. The van der Waals surface area contributed by atoms with Gasteiger partial charge in [0, 0.05) is 6.42 Å². The van der Waals surface area contributed by atoms with Crippen molar-refractivity contribution in [3.05, 3.63) is 44.3 Å². The number of esters is 2. The molecule has 0 aliphatic carbocycles. The number of benzene rings is 1. The van der Waals surface area contributed by atoms with Crippen molar-refractivity contribution in [3.8, 4) is 17.2 Å². The number of methoxy groups -OCH3 is 3. The first kappa shape index (κ1) is 25.0. The monoisotopic (exact) mass is 490 g/mol. The third kappa shape index (κ3) is 5.30. The lowest BCUT2D eigenvalue weighted by atomic mass is 10.1. The van der Waals surface area contributed by atoms with Crippen molar-refractivity contribution in [2.45, 2.75) is 33.3 Å². The topological polar surface area (TPSA) is 126 Å². The van der Waals surface area contributed by atoms with Gasteiger partial charge in [-0.25, -0.2) is 9.78 Å². The standard InChI is InChI=1S/C23H26N2O8S/c1-6-32-23(28)20-12(2)18-21(27)24-16(25-22(18)34-20)11-33-17(26)8-7-13-9-14(29-3)19(31-5)15(10-13)30-4/h9-10H,6-8,11H2,1-5H3,(H,24,25,27). The quantitative estimate of drug-likeness (QED) is 0.426. The number of rotatable bonds is 10. The van der Waals surface area contributed by atoms with Crippen molar-refractivity contribution in [2.75, 3.05) is 27.9 Å². The van der Waals surface area contributed by atoms with E-state index in [1.54, 1.807) is 26.0 Å². The number of aromatic amines is 1. The van der Waals surface area contributed by atoms with Gasteiger partial charge in [0.25, 0.3) is 5.56 Å². The van der Waals surface area contributed by atoms with Gasteiger partial charge in [0.1, 0.15) is 22.1 Å². The van der Waals surface area contributed by atoms with Crippen LogP contribution in [0, 0.1) is 6.92 Å². The predicted molar refractivity (Wildman–Crippen MR) is 125 cm³/mol. The minimum atomic E-state index is -0.498. The first-order valence-corrected chi connectivity index (χ1v) is 11.3. The summed E-state index contributed by atoms with van der Waals surface area (Å²) in [6.45, 7) is 3.41. The normalized spacial score (nSPS) is 10.7. The molecule has 0 bridgehead atoms. The van der Waals surface area contributed by atoms with Crippen LogP contribution in [0.15, 0.2) is 16.9 Å². The van der Waals surface area contributed by atoms with Gasteiger partial charge in [-0.05, 0) is 43.5 Å². The van der Waals surface area contributed by atoms with Crippen molar-refractivity contribution >= 4 is 33.5 Å². The van der Waals surface area contributed by atoms with E-state index < -0.39 is 17.5 Å². The van der Waals surface area contributed by atoms with Gasteiger partial charge in [-0.15, -0.1) is 11.3 Å². The van der Waals surface area contributed by atoms with Gasteiger partial charge in [-0.3, -0.25) is 9.59 Å². The van der Waals surface area contributed by atoms with E-state index in [1.165, 1.54) is 21.3 Å². The zero-order valence-corrected chi connectivity index (χ0v) is 20.4. The van der Waals surface area contributed by atoms with Crippen LogP contribution in [0.5, 0.6) is 17.2 Å². The van der Waals surface area contributed by atoms with Crippen LogP contribution in [0.2, 0.25) is 0 Å². The van der Waals surface area contributed by atoms with Crippen LogP contribution in [0.3, 0.4) is 0 Å². The fourth-order valence-electron chi connectivity index (χ4n) is 3.40. The van der Waals surface area contributed by atoms with Crippen LogP contribution in [0.25, 0.3) is 10.2 Å². The van der Waals surface area contributed by atoms with E-state index in [1.807, 2.05) is 0 Å². The molecule has 0 spiro atoms. The molecule has 11 heteroatoms. The Morgan fingerprint density at radius 1 is 1.06 bits per heavy atom.